The second kappa shape index (κ2) is 9.72. The van der Waals surface area contributed by atoms with Crippen molar-refractivity contribution in [3.63, 3.8) is 0 Å². The van der Waals surface area contributed by atoms with Crippen molar-refractivity contribution in [3.05, 3.63) is 77.5 Å². The highest BCUT2D eigenvalue weighted by molar-refractivity contribution is 5.93. The number of nitrogens with zero attached hydrogens (tertiary/aromatic N) is 2. The maximum Gasteiger partial charge on any atom is 0.273 e. The van der Waals surface area contributed by atoms with E-state index >= 15 is 0 Å². The van der Waals surface area contributed by atoms with Crippen molar-refractivity contribution in [3.8, 4) is 11.3 Å². The minimum atomic E-state index is -0.201. The van der Waals surface area contributed by atoms with Gasteiger partial charge in [-0.2, -0.15) is 0 Å². The van der Waals surface area contributed by atoms with Crippen LogP contribution in [0.4, 0.5) is 0 Å². The highest BCUT2D eigenvalue weighted by Crippen LogP contribution is 2.25. The molecule has 1 fully saturated rings. The maximum absolute atomic E-state index is 12.8. The lowest BCUT2D eigenvalue weighted by molar-refractivity contribution is 0.0924. The van der Waals surface area contributed by atoms with Crippen LogP contribution in [-0.4, -0.2) is 35.6 Å². The molecular formula is C25H29N3O2. The van der Waals surface area contributed by atoms with E-state index in [1.807, 2.05) is 30.3 Å². The molecule has 1 aliphatic rings. The Morgan fingerprint density at radius 2 is 1.73 bits per heavy atom. The lowest BCUT2D eigenvalue weighted by Gasteiger charge is -2.31. The van der Waals surface area contributed by atoms with Gasteiger partial charge in [0.2, 0.25) is 0 Å². The van der Waals surface area contributed by atoms with Gasteiger partial charge >= 0.3 is 0 Å². The Morgan fingerprint density at radius 1 is 1.03 bits per heavy atom. The number of amides is 1. The normalized spacial score (nSPS) is 16.0. The first-order valence-electron chi connectivity index (χ1n) is 10.8. The van der Waals surface area contributed by atoms with Crippen LogP contribution in [0, 0.1) is 6.92 Å². The Kier molecular flexibility index (Phi) is 6.60. The molecule has 5 nitrogen and oxygen atoms in total. The van der Waals surface area contributed by atoms with Crippen molar-refractivity contribution >= 4 is 5.91 Å². The Bertz CT molecular complexity index is 942. The molecule has 5 heteroatoms. The molecule has 1 aromatic heterocycles. The molecule has 1 N–H and O–H groups in total. The van der Waals surface area contributed by atoms with Crippen molar-refractivity contribution in [1.82, 2.24) is 15.4 Å². The SMILES string of the molecule is Cc1ccc([C@H](CNC(=O)c2cc(-c3ccccc3)on2)N2CCCCCC2)cc1. The number of rotatable bonds is 6. The maximum atomic E-state index is 12.8. The molecule has 0 radical (unpaired) electrons. The van der Waals surface area contributed by atoms with Gasteiger partial charge in [0, 0.05) is 18.2 Å². The third-order valence-electron chi connectivity index (χ3n) is 5.80. The first kappa shape index (κ1) is 20.4. The summed E-state index contributed by atoms with van der Waals surface area (Å²) >= 11 is 0. The summed E-state index contributed by atoms with van der Waals surface area (Å²) in [6, 6.07) is 20.2. The van der Waals surface area contributed by atoms with Gasteiger partial charge in [0.05, 0.1) is 6.04 Å². The van der Waals surface area contributed by atoms with Gasteiger partial charge in [0.25, 0.3) is 5.91 Å². The topological polar surface area (TPSA) is 58.4 Å². The zero-order valence-corrected chi connectivity index (χ0v) is 17.5. The van der Waals surface area contributed by atoms with E-state index in [0.29, 0.717) is 18.0 Å². The number of aryl methyl sites for hydroxylation is 1. The summed E-state index contributed by atoms with van der Waals surface area (Å²) in [5.74, 6) is 0.399. The number of carbonyl (C=O) groups excluding carboxylic acids is 1. The fraction of sp³-hybridized carbons (Fsp3) is 0.360. The zero-order chi connectivity index (χ0) is 20.8. The van der Waals surface area contributed by atoms with Gasteiger partial charge in [-0.3, -0.25) is 9.69 Å². The Balaban J connectivity index is 1.47. The first-order valence-corrected chi connectivity index (χ1v) is 10.8. The molecule has 1 aliphatic heterocycles. The first-order chi connectivity index (χ1) is 14.7. The standard InChI is InChI=1S/C25H29N3O2/c1-19-11-13-20(14-12-19)23(28-15-7-2-3-8-16-28)18-26-25(29)22-17-24(30-27-22)21-9-5-4-6-10-21/h4-6,9-14,17,23H,2-3,7-8,15-16,18H2,1H3,(H,26,29)/t23-/m0/s1. The lowest BCUT2D eigenvalue weighted by atomic mass is 10.0. The molecule has 1 amide bonds. The van der Waals surface area contributed by atoms with Crippen LogP contribution < -0.4 is 5.32 Å². The molecule has 0 saturated carbocycles. The fourth-order valence-electron chi connectivity index (χ4n) is 4.05. The van der Waals surface area contributed by atoms with Crippen LogP contribution >= 0.6 is 0 Å². The average Bonchev–Trinajstić information content (AvgIpc) is 3.13. The number of likely N-dealkylation sites (tertiary alicyclic amines) is 1. The van der Waals surface area contributed by atoms with Crippen LogP contribution in [0.1, 0.15) is 53.3 Å². The van der Waals surface area contributed by atoms with Gasteiger partial charge < -0.3 is 9.84 Å². The number of aromatic nitrogens is 1. The average molecular weight is 404 g/mol. The van der Waals surface area contributed by atoms with Gasteiger partial charge in [-0.25, -0.2) is 0 Å². The van der Waals surface area contributed by atoms with E-state index < -0.39 is 0 Å². The molecular weight excluding hydrogens is 374 g/mol. The smallest absolute Gasteiger partial charge is 0.273 e. The van der Waals surface area contributed by atoms with E-state index in [9.17, 15) is 4.79 Å². The van der Waals surface area contributed by atoms with Gasteiger partial charge in [-0.15, -0.1) is 0 Å². The minimum Gasteiger partial charge on any atom is -0.355 e. The molecule has 4 rings (SSSR count). The summed E-state index contributed by atoms with van der Waals surface area (Å²) < 4.78 is 5.39. The largest absolute Gasteiger partial charge is 0.355 e. The number of nitrogens with one attached hydrogen (secondary N) is 1. The summed E-state index contributed by atoms with van der Waals surface area (Å²) in [5, 5.41) is 7.07. The van der Waals surface area contributed by atoms with Crippen molar-refractivity contribution in [2.45, 2.75) is 38.6 Å². The van der Waals surface area contributed by atoms with Gasteiger partial charge in [-0.1, -0.05) is 78.2 Å². The molecule has 0 unspecified atom stereocenters. The number of carbonyl (C=O) groups is 1. The highest BCUT2D eigenvalue weighted by atomic mass is 16.5. The van der Waals surface area contributed by atoms with E-state index in [-0.39, 0.29) is 11.9 Å². The lowest BCUT2D eigenvalue weighted by Crippen LogP contribution is -2.38. The van der Waals surface area contributed by atoms with E-state index in [1.54, 1.807) is 6.07 Å². The van der Waals surface area contributed by atoms with Crippen molar-refractivity contribution in [1.29, 1.82) is 0 Å². The number of hydrogen-bond donors (Lipinski definition) is 1. The summed E-state index contributed by atoms with van der Waals surface area (Å²) in [4.78, 5) is 15.3. The number of hydrogen-bond acceptors (Lipinski definition) is 4. The molecule has 156 valence electrons. The Morgan fingerprint density at radius 3 is 2.43 bits per heavy atom. The second-order valence-corrected chi connectivity index (χ2v) is 8.03. The Hall–Kier alpha value is -2.92. The number of benzene rings is 2. The van der Waals surface area contributed by atoms with Gasteiger partial charge in [0.15, 0.2) is 11.5 Å². The minimum absolute atomic E-state index is 0.160. The molecule has 3 aromatic rings. The van der Waals surface area contributed by atoms with Crippen LogP contribution in [0.5, 0.6) is 0 Å². The van der Waals surface area contributed by atoms with Crippen LogP contribution in [0.3, 0.4) is 0 Å². The molecule has 2 heterocycles. The van der Waals surface area contributed by atoms with Crippen LogP contribution in [-0.2, 0) is 0 Å². The quantitative estimate of drug-likeness (QED) is 0.629. The fourth-order valence-corrected chi connectivity index (χ4v) is 4.05. The summed E-state index contributed by atoms with van der Waals surface area (Å²) in [5.41, 5.74) is 3.71. The molecule has 0 spiro atoms. The Labute approximate surface area is 178 Å². The monoisotopic (exact) mass is 403 g/mol. The van der Waals surface area contributed by atoms with Crippen molar-refractivity contribution in [2.75, 3.05) is 19.6 Å². The van der Waals surface area contributed by atoms with E-state index in [4.69, 9.17) is 4.52 Å². The van der Waals surface area contributed by atoms with Crippen LogP contribution in [0.15, 0.2) is 65.2 Å². The molecule has 0 bridgehead atoms. The van der Waals surface area contributed by atoms with Crippen LogP contribution in [0.25, 0.3) is 11.3 Å². The van der Waals surface area contributed by atoms with Crippen molar-refractivity contribution in [2.24, 2.45) is 0 Å². The molecule has 0 aliphatic carbocycles. The summed E-state index contributed by atoms with van der Waals surface area (Å²) in [6.45, 7) is 4.78. The van der Waals surface area contributed by atoms with Crippen molar-refractivity contribution < 1.29 is 9.32 Å². The van der Waals surface area contributed by atoms with E-state index in [1.165, 1.54) is 36.8 Å². The zero-order valence-electron chi connectivity index (χ0n) is 17.5. The van der Waals surface area contributed by atoms with E-state index in [0.717, 1.165) is 18.7 Å². The molecule has 1 atom stereocenters. The van der Waals surface area contributed by atoms with Crippen LogP contribution in [0.2, 0.25) is 0 Å². The molecule has 30 heavy (non-hydrogen) atoms. The molecule has 2 aromatic carbocycles. The van der Waals surface area contributed by atoms with Gasteiger partial charge in [-0.05, 0) is 38.4 Å². The predicted molar refractivity (Wildman–Crippen MR) is 118 cm³/mol. The second-order valence-electron chi connectivity index (χ2n) is 8.03. The third-order valence-corrected chi connectivity index (χ3v) is 5.80. The third kappa shape index (κ3) is 4.97. The van der Waals surface area contributed by atoms with E-state index in [2.05, 4.69) is 46.6 Å². The molecule has 1 saturated heterocycles. The highest BCUT2D eigenvalue weighted by Gasteiger charge is 2.23. The summed E-state index contributed by atoms with van der Waals surface area (Å²) in [6.07, 6.45) is 4.98. The predicted octanol–water partition coefficient (Wildman–Crippen LogP) is 5.00. The summed E-state index contributed by atoms with van der Waals surface area (Å²) in [7, 11) is 0. The van der Waals surface area contributed by atoms with Gasteiger partial charge in [0.1, 0.15) is 0 Å².